The maximum Gasteiger partial charge on any atom is 0.0687 e. The molecule has 0 radical (unpaired) electrons. The summed E-state index contributed by atoms with van der Waals surface area (Å²) in [6, 6.07) is 0. The van der Waals surface area contributed by atoms with Crippen LogP contribution in [-0.4, -0.2) is 18.2 Å². The SMILES string of the molecule is [N-]=[N+]=NCC1CCC2(CCC2)O1. The summed E-state index contributed by atoms with van der Waals surface area (Å²) in [4.78, 5) is 2.74. The summed E-state index contributed by atoms with van der Waals surface area (Å²) in [6.07, 6.45) is 6.15. The second-order valence-corrected chi connectivity index (χ2v) is 3.73. The molecule has 66 valence electrons. The highest BCUT2D eigenvalue weighted by Crippen LogP contribution is 2.45. The molecule has 2 fully saturated rings. The fourth-order valence-electron chi connectivity index (χ4n) is 2.09. The van der Waals surface area contributed by atoms with Gasteiger partial charge in [-0.1, -0.05) is 5.11 Å². The van der Waals surface area contributed by atoms with Crippen molar-refractivity contribution in [3.8, 4) is 0 Å². The van der Waals surface area contributed by atoms with E-state index in [1.807, 2.05) is 0 Å². The highest BCUT2D eigenvalue weighted by molar-refractivity contribution is 4.95. The van der Waals surface area contributed by atoms with Crippen molar-refractivity contribution in [1.29, 1.82) is 0 Å². The molecule has 1 spiro atoms. The Kier molecular flexibility index (Phi) is 1.95. The van der Waals surface area contributed by atoms with Gasteiger partial charge in [0.25, 0.3) is 0 Å². The number of azide groups is 1. The lowest BCUT2D eigenvalue weighted by Gasteiger charge is -2.37. The van der Waals surface area contributed by atoms with Crippen molar-refractivity contribution in [2.24, 2.45) is 5.11 Å². The second-order valence-electron chi connectivity index (χ2n) is 3.73. The summed E-state index contributed by atoms with van der Waals surface area (Å²) in [5, 5.41) is 3.53. The van der Waals surface area contributed by atoms with Gasteiger partial charge in [-0.25, -0.2) is 0 Å². The molecule has 4 nitrogen and oxygen atoms in total. The maximum atomic E-state index is 8.13. The Morgan fingerprint density at radius 3 is 2.83 bits per heavy atom. The number of ether oxygens (including phenoxy) is 1. The Balaban J connectivity index is 1.85. The number of nitrogens with zero attached hydrogens (tertiary/aromatic N) is 3. The van der Waals surface area contributed by atoms with Crippen LogP contribution in [0.4, 0.5) is 0 Å². The quantitative estimate of drug-likeness (QED) is 0.354. The van der Waals surface area contributed by atoms with Crippen LogP contribution in [0.25, 0.3) is 10.4 Å². The van der Waals surface area contributed by atoms with E-state index in [0.29, 0.717) is 6.54 Å². The van der Waals surface area contributed by atoms with Crippen LogP contribution in [0.2, 0.25) is 0 Å². The van der Waals surface area contributed by atoms with Crippen molar-refractivity contribution in [3.63, 3.8) is 0 Å². The van der Waals surface area contributed by atoms with E-state index < -0.39 is 0 Å². The first-order valence-electron chi connectivity index (χ1n) is 4.53. The van der Waals surface area contributed by atoms with Gasteiger partial charge in [-0.2, -0.15) is 0 Å². The lowest BCUT2D eigenvalue weighted by atomic mass is 9.78. The summed E-state index contributed by atoms with van der Waals surface area (Å²) < 4.78 is 5.82. The van der Waals surface area contributed by atoms with Gasteiger partial charge in [0.05, 0.1) is 18.2 Å². The monoisotopic (exact) mass is 167 g/mol. The zero-order valence-corrected chi connectivity index (χ0v) is 7.07. The maximum absolute atomic E-state index is 8.13. The van der Waals surface area contributed by atoms with Gasteiger partial charge >= 0.3 is 0 Å². The Bertz CT molecular complexity index is 218. The van der Waals surface area contributed by atoms with E-state index in [1.54, 1.807) is 0 Å². The van der Waals surface area contributed by atoms with Gasteiger partial charge in [0, 0.05) is 4.91 Å². The minimum atomic E-state index is 0.196. The number of hydrogen-bond donors (Lipinski definition) is 0. The molecule has 1 unspecified atom stereocenters. The van der Waals surface area contributed by atoms with Crippen molar-refractivity contribution >= 4 is 0 Å². The molecule has 0 aromatic carbocycles. The molecule has 1 heterocycles. The molecule has 2 aliphatic rings. The van der Waals surface area contributed by atoms with Crippen LogP contribution in [0.1, 0.15) is 32.1 Å². The molecule has 0 bridgehead atoms. The zero-order valence-electron chi connectivity index (χ0n) is 7.07. The van der Waals surface area contributed by atoms with Crippen molar-refractivity contribution in [3.05, 3.63) is 10.4 Å². The Morgan fingerprint density at radius 2 is 2.33 bits per heavy atom. The fourth-order valence-corrected chi connectivity index (χ4v) is 2.09. The van der Waals surface area contributed by atoms with Crippen LogP contribution in [0.3, 0.4) is 0 Å². The molecule has 1 aliphatic heterocycles. The highest BCUT2D eigenvalue weighted by Gasteiger charge is 2.44. The topological polar surface area (TPSA) is 58.0 Å². The van der Waals surface area contributed by atoms with E-state index in [4.69, 9.17) is 10.3 Å². The Hall–Kier alpha value is -0.730. The first-order valence-corrected chi connectivity index (χ1v) is 4.53. The summed E-state index contributed by atoms with van der Waals surface area (Å²) in [7, 11) is 0. The van der Waals surface area contributed by atoms with Gasteiger partial charge in [0.1, 0.15) is 0 Å². The fraction of sp³-hybridized carbons (Fsp3) is 1.00. The third-order valence-electron chi connectivity index (χ3n) is 2.95. The summed E-state index contributed by atoms with van der Waals surface area (Å²) in [5.41, 5.74) is 8.33. The van der Waals surface area contributed by atoms with E-state index in [9.17, 15) is 0 Å². The Labute approximate surface area is 71.5 Å². The third kappa shape index (κ3) is 1.28. The summed E-state index contributed by atoms with van der Waals surface area (Å²) in [5.74, 6) is 0. The second kappa shape index (κ2) is 2.96. The lowest BCUT2D eigenvalue weighted by Crippen LogP contribution is -2.37. The van der Waals surface area contributed by atoms with Crippen LogP contribution in [0.15, 0.2) is 5.11 Å². The van der Waals surface area contributed by atoms with Crippen molar-refractivity contribution in [2.45, 2.75) is 43.8 Å². The van der Waals surface area contributed by atoms with Crippen LogP contribution in [0.5, 0.6) is 0 Å². The standard InChI is InChI=1S/C8H13N3O/c9-11-10-6-7-2-5-8(12-7)3-1-4-8/h7H,1-6H2. The minimum absolute atomic E-state index is 0.196. The van der Waals surface area contributed by atoms with E-state index in [-0.39, 0.29) is 11.7 Å². The van der Waals surface area contributed by atoms with Crippen LogP contribution in [0, 0.1) is 0 Å². The van der Waals surface area contributed by atoms with Gasteiger partial charge in [-0.15, -0.1) is 0 Å². The van der Waals surface area contributed by atoms with Gasteiger partial charge in [0.15, 0.2) is 0 Å². The van der Waals surface area contributed by atoms with Gasteiger partial charge in [-0.05, 0) is 37.6 Å². The van der Waals surface area contributed by atoms with E-state index >= 15 is 0 Å². The molecule has 1 saturated heterocycles. The molecule has 1 saturated carbocycles. The molecular weight excluding hydrogens is 154 g/mol. The molecule has 1 aliphatic carbocycles. The van der Waals surface area contributed by atoms with Crippen LogP contribution < -0.4 is 0 Å². The van der Waals surface area contributed by atoms with Crippen molar-refractivity contribution in [1.82, 2.24) is 0 Å². The number of rotatable bonds is 2. The number of hydrogen-bond acceptors (Lipinski definition) is 2. The molecular formula is C8H13N3O. The summed E-state index contributed by atoms with van der Waals surface area (Å²) in [6.45, 7) is 0.512. The van der Waals surface area contributed by atoms with E-state index in [2.05, 4.69) is 10.0 Å². The smallest absolute Gasteiger partial charge is 0.0687 e. The average Bonchev–Trinajstić information content (AvgIpc) is 2.44. The largest absolute Gasteiger partial charge is 0.372 e. The predicted molar refractivity (Wildman–Crippen MR) is 44.7 cm³/mol. The van der Waals surface area contributed by atoms with E-state index in [0.717, 1.165) is 6.42 Å². The molecule has 2 rings (SSSR count). The van der Waals surface area contributed by atoms with E-state index in [1.165, 1.54) is 25.7 Å². The van der Waals surface area contributed by atoms with Crippen molar-refractivity contribution in [2.75, 3.05) is 6.54 Å². The first-order chi connectivity index (χ1) is 5.85. The Morgan fingerprint density at radius 1 is 1.50 bits per heavy atom. The predicted octanol–water partition coefficient (Wildman–Crippen LogP) is 2.40. The average molecular weight is 167 g/mol. The zero-order chi connectivity index (χ0) is 8.44. The molecule has 4 heteroatoms. The molecule has 12 heavy (non-hydrogen) atoms. The van der Waals surface area contributed by atoms with Gasteiger partial charge in [-0.3, -0.25) is 0 Å². The lowest BCUT2D eigenvalue weighted by molar-refractivity contribution is -0.0876. The first kappa shape index (κ1) is 7.90. The molecule has 0 N–H and O–H groups in total. The van der Waals surface area contributed by atoms with Crippen LogP contribution >= 0.6 is 0 Å². The molecule has 0 aromatic rings. The van der Waals surface area contributed by atoms with Gasteiger partial charge < -0.3 is 4.74 Å². The molecule has 1 atom stereocenters. The highest BCUT2D eigenvalue weighted by atomic mass is 16.5. The molecule has 0 amide bonds. The third-order valence-corrected chi connectivity index (χ3v) is 2.95. The van der Waals surface area contributed by atoms with Gasteiger partial charge in [0.2, 0.25) is 0 Å². The van der Waals surface area contributed by atoms with Crippen LogP contribution in [-0.2, 0) is 4.74 Å². The normalized spacial score (nSPS) is 31.2. The minimum Gasteiger partial charge on any atom is -0.372 e. The molecule has 0 aromatic heterocycles. The van der Waals surface area contributed by atoms with Crippen molar-refractivity contribution < 1.29 is 4.74 Å². The summed E-state index contributed by atoms with van der Waals surface area (Å²) >= 11 is 0.